The van der Waals surface area contributed by atoms with Crippen LogP contribution in [0.4, 0.5) is 11.4 Å². The molecular weight excluding hydrogens is 400 g/mol. The van der Waals surface area contributed by atoms with Crippen molar-refractivity contribution in [2.75, 3.05) is 50.1 Å². The summed E-state index contributed by atoms with van der Waals surface area (Å²) in [6.45, 7) is 4.34. The predicted octanol–water partition coefficient (Wildman–Crippen LogP) is 4.15. The Hall–Kier alpha value is -2.75. The van der Waals surface area contributed by atoms with Crippen LogP contribution in [-0.4, -0.2) is 50.6 Å². The number of carbonyl (C=O) groups is 1. The fourth-order valence-corrected chi connectivity index (χ4v) is 3.55. The topological polar surface area (TPSA) is 68.6 Å². The number of likely N-dealkylation sites (N-methyl/N-ethyl adjacent to an activating group) is 1. The van der Waals surface area contributed by atoms with Crippen molar-refractivity contribution in [1.29, 1.82) is 5.26 Å². The minimum absolute atomic E-state index is 0.0286. The van der Waals surface area contributed by atoms with Crippen LogP contribution in [0.2, 0.25) is 5.02 Å². The molecule has 30 heavy (non-hydrogen) atoms. The summed E-state index contributed by atoms with van der Waals surface area (Å²) in [4.78, 5) is 17.1. The van der Waals surface area contributed by atoms with Crippen LogP contribution < -0.4 is 15.0 Å². The van der Waals surface area contributed by atoms with Crippen molar-refractivity contribution < 1.29 is 9.53 Å². The fourth-order valence-electron chi connectivity index (χ4n) is 3.38. The standard InChI is InChI=1S/C23H27ClN4O2/c1-27-10-12-28(13-11-27)22-9-8-19(24)16-21(22)26-23(29)7-2-3-14-30-20-6-4-5-18(15-20)17-25/h4-6,8-9,15-16H,2-3,7,10-14H2,1H3,(H,26,29). The first-order valence-corrected chi connectivity index (χ1v) is 10.6. The van der Waals surface area contributed by atoms with E-state index in [0.717, 1.165) is 44.0 Å². The molecule has 2 aromatic rings. The second-order valence-corrected chi connectivity index (χ2v) is 7.88. The van der Waals surface area contributed by atoms with Gasteiger partial charge in [0, 0.05) is 37.6 Å². The van der Waals surface area contributed by atoms with E-state index in [1.54, 1.807) is 18.2 Å². The Balaban J connectivity index is 1.46. The van der Waals surface area contributed by atoms with Gasteiger partial charge in [-0.05, 0) is 56.3 Å². The van der Waals surface area contributed by atoms with E-state index in [2.05, 4.69) is 28.2 Å². The van der Waals surface area contributed by atoms with E-state index in [-0.39, 0.29) is 5.91 Å². The molecule has 0 aromatic heterocycles. The lowest BCUT2D eigenvalue weighted by Gasteiger charge is -2.35. The Bertz CT molecular complexity index is 904. The predicted molar refractivity (Wildman–Crippen MR) is 120 cm³/mol. The average Bonchev–Trinajstić information content (AvgIpc) is 2.74. The van der Waals surface area contributed by atoms with Gasteiger partial charge in [-0.25, -0.2) is 0 Å². The van der Waals surface area contributed by atoms with Gasteiger partial charge in [0.05, 0.1) is 29.6 Å². The highest BCUT2D eigenvalue weighted by Gasteiger charge is 2.18. The van der Waals surface area contributed by atoms with Gasteiger partial charge in [-0.1, -0.05) is 17.7 Å². The van der Waals surface area contributed by atoms with E-state index in [1.165, 1.54) is 0 Å². The largest absolute Gasteiger partial charge is 0.494 e. The number of unbranched alkanes of at least 4 members (excludes halogenated alkanes) is 1. The highest BCUT2D eigenvalue weighted by molar-refractivity contribution is 6.31. The number of halogens is 1. The lowest BCUT2D eigenvalue weighted by Crippen LogP contribution is -2.44. The molecule has 0 radical (unpaired) electrons. The molecule has 1 heterocycles. The van der Waals surface area contributed by atoms with E-state index in [1.807, 2.05) is 24.3 Å². The summed E-state index contributed by atoms with van der Waals surface area (Å²) in [5.41, 5.74) is 2.35. The Labute approximate surface area is 183 Å². The molecule has 1 fully saturated rings. The number of nitrogens with zero attached hydrogens (tertiary/aromatic N) is 3. The Morgan fingerprint density at radius 2 is 1.97 bits per heavy atom. The van der Waals surface area contributed by atoms with E-state index < -0.39 is 0 Å². The summed E-state index contributed by atoms with van der Waals surface area (Å²) in [5.74, 6) is 0.647. The molecule has 0 bridgehead atoms. The number of amides is 1. The number of nitrogens with one attached hydrogen (secondary N) is 1. The van der Waals surface area contributed by atoms with Crippen molar-refractivity contribution >= 4 is 28.9 Å². The Morgan fingerprint density at radius 3 is 2.73 bits per heavy atom. The molecule has 0 unspecified atom stereocenters. The quantitative estimate of drug-likeness (QED) is 0.642. The third kappa shape index (κ3) is 6.38. The van der Waals surface area contributed by atoms with Gasteiger partial charge in [-0.15, -0.1) is 0 Å². The molecule has 7 heteroatoms. The summed E-state index contributed by atoms with van der Waals surface area (Å²) in [6, 6.07) is 14.8. The summed E-state index contributed by atoms with van der Waals surface area (Å²) in [5, 5.41) is 12.6. The molecule has 1 aliphatic rings. The zero-order valence-corrected chi connectivity index (χ0v) is 18.0. The number of carbonyl (C=O) groups excluding carboxylic acids is 1. The van der Waals surface area contributed by atoms with E-state index in [9.17, 15) is 4.79 Å². The molecule has 3 rings (SSSR count). The van der Waals surface area contributed by atoms with Gasteiger partial charge in [0.15, 0.2) is 0 Å². The minimum Gasteiger partial charge on any atom is -0.494 e. The van der Waals surface area contributed by atoms with Gasteiger partial charge in [-0.2, -0.15) is 5.26 Å². The summed E-state index contributed by atoms with van der Waals surface area (Å²) in [6.07, 6.45) is 1.88. The van der Waals surface area contributed by atoms with Crippen LogP contribution in [0.25, 0.3) is 0 Å². The average molecular weight is 427 g/mol. The first-order valence-electron chi connectivity index (χ1n) is 10.2. The van der Waals surface area contributed by atoms with Crippen LogP contribution in [0, 0.1) is 11.3 Å². The smallest absolute Gasteiger partial charge is 0.224 e. The molecule has 2 aromatic carbocycles. The number of nitriles is 1. The normalized spacial score (nSPS) is 14.2. The van der Waals surface area contributed by atoms with Gasteiger partial charge in [0.1, 0.15) is 5.75 Å². The molecule has 0 spiro atoms. The molecule has 158 valence electrons. The number of hydrogen-bond acceptors (Lipinski definition) is 5. The lowest BCUT2D eigenvalue weighted by atomic mass is 10.2. The fraction of sp³-hybridized carbons (Fsp3) is 0.391. The molecule has 6 nitrogen and oxygen atoms in total. The molecule has 0 aliphatic carbocycles. The Kier molecular flexibility index (Phi) is 7.95. The van der Waals surface area contributed by atoms with E-state index in [0.29, 0.717) is 35.8 Å². The molecule has 1 amide bonds. The Morgan fingerprint density at radius 1 is 1.17 bits per heavy atom. The highest BCUT2D eigenvalue weighted by atomic mass is 35.5. The van der Waals surface area contributed by atoms with Crippen LogP contribution in [0.5, 0.6) is 5.75 Å². The molecule has 1 aliphatic heterocycles. The summed E-state index contributed by atoms with van der Waals surface area (Å²) < 4.78 is 5.66. The van der Waals surface area contributed by atoms with Gasteiger partial charge in [0.25, 0.3) is 0 Å². The van der Waals surface area contributed by atoms with Crippen molar-refractivity contribution in [3.05, 3.63) is 53.1 Å². The van der Waals surface area contributed by atoms with E-state index >= 15 is 0 Å². The first kappa shape index (κ1) is 21.9. The van der Waals surface area contributed by atoms with E-state index in [4.69, 9.17) is 21.6 Å². The zero-order chi connectivity index (χ0) is 21.3. The summed E-state index contributed by atoms with van der Waals surface area (Å²) in [7, 11) is 2.12. The molecule has 0 atom stereocenters. The number of benzene rings is 2. The first-order chi connectivity index (χ1) is 14.5. The van der Waals surface area contributed by atoms with Crippen molar-refractivity contribution in [1.82, 2.24) is 4.90 Å². The van der Waals surface area contributed by atoms with Crippen LogP contribution in [0.3, 0.4) is 0 Å². The van der Waals surface area contributed by atoms with Crippen LogP contribution in [-0.2, 0) is 4.79 Å². The van der Waals surface area contributed by atoms with Gasteiger partial charge in [-0.3, -0.25) is 4.79 Å². The van der Waals surface area contributed by atoms with Gasteiger partial charge < -0.3 is 19.9 Å². The number of ether oxygens (including phenoxy) is 1. The molecule has 0 saturated carbocycles. The number of anilines is 2. The summed E-state index contributed by atoms with van der Waals surface area (Å²) >= 11 is 6.17. The maximum Gasteiger partial charge on any atom is 0.224 e. The highest BCUT2D eigenvalue weighted by Crippen LogP contribution is 2.30. The third-order valence-corrected chi connectivity index (χ3v) is 5.34. The van der Waals surface area contributed by atoms with Crippen molar-refractivity contribution in [3.8, 4) is 11.8 Å². The van der Waals surface area contributed by atoms with Crippen LogP contribution in [0.15, 0.2) is 42.5 Å². The maximum atomic E-state index is 12.5. The van der Waals surface area contributed by atoms with Crippen molar-refractivity contribution in [3.63, 3.8) is 0 Å². The van der Waals surface area contributed by atoms with Crippen molar-refractivity contribution in [2.45, 2.75) is 19.3 Å². The molecule has 1 N–H and O–H groups in total. The second kappa shape index (κ2) is 10.9. The number of piperazine rings is 1. The number of rotatable bonds is 8. The van der Waals surface area contributed by atoms with Crippen molar-refractivity contribution in [2.24, 2.45) is 0 Å². The van der Waals surface area contributed by atoms with Gasteiger partial charge in [0.2, 0.25) is 5.91 Å². The van der Waals surface area contributed by atoms with Gasteiger partial charge >= 0.3 is 0 Å². The third-order valence-electron chi connectivity index (χ3n) is 5.11. The monoisotopic (exact) mass is 426 g/mol. The number of hydrogen-bond donors (Lipinski definition) is 1. The molecule has 1 saturated heterocycles. The van der Waals surface area contributed by atoms with Crippen LogP contribution in [0.1, 0.15) is 24.8 Å². The molecular formula is C23H27ClN4O2. The second-order valence-electron chi connectivity index (χ2n) is 7.45. The van der Waals surface area contributed by atoms with Crippen LogP contribution >= 0.6 is 11.6 Å². The SMILES string of the molecule is CN1CCN(c2ccc(Cl)cc2NC(=O)CCCCOc2cccc(C#N)c2)CC1. The maximum absolute atomic E-state index is 12.5. The minimum atomic E-state index is -0.0286. The lowest BCUT2D eigenvalue weighted by molar-refractivity contribution is -0.116. The zero-order valence-electron chi connectivity index (χ0n) is 17.2.